The molecule has 0 saturated carbocycles. The number of likely N-dealkylation sites (N-methyl/N-ethyl adjacent to an activating group) is 1. The minimum absolute atomic E-state index is 0.0557. The van der Waals surface area contributed by atoms with Crippen LogP contribution in [0.4, 0.5) is 5.69 Å². The Hall–Kier alpha value is 0.800. The first-order valence-electron chi connectivity index (χ1n) is 6.82. The van der Waals surface area contributed by atoms with Crippen molar-refractivity contribution in [2.24, 2.45) is 0 Å². The lowest BCUT2D eigenvalue weighted by atomic mass is 10.1. The van der Waals surface area contributed by atoms with Gasteiger partial charge in [0.1, 0.15) is 0 Å². The van der Waals surface area contributed by atoms with Gasteiger partial charge in [0.2, 0.25) is 5.91 Å². The van der Waals surface area contributed by atoms with E-state index >= 15 is 0 Å². The summed E-state index contributed by atoms with van der Waals surface area (Å²) in [5.74, 6) is 0.0557. The van der Waals surface area contributed by atoms with Crippen molar-refractivity contribution >= 4 is 79.4 Å². The standard InChI is InChI=1S/C14H18I3N3O/c1-20(10-3-2-4-18-7-10)8-13(21)19-14-11(16)5-9(15)6-12(14)17/h5-6,10,18H,2-4,7-8H2,1H3,(H,19,21). The van der Waals surface area contributed by atoms with Gasteiger partial charge in [0, 0.05) is 23.3 Å². The number of hydrogen-bond acceptors (Lipinski definition) is 3. The summed E-state index contributed by atoms with van der Waals surface area (Å²) in [6, 6.07) is 4.61. The predicted molar refractivity (Wildman–Crippen MR) is 112 cm³/mol. The second-order valence-electron chi connectivity index (χ2n) is 5.21. The van der Waals surface area contributed by atoms with Gasteiger partial charge in [0.15, 0.2) is 0 Å². The van der Waals surface area contributed by atoms with Crippen LogP contribution in [0.25, 0.3) is 0 Å². The largest absolute Gasteiger partial charge is 0.323 e. The molecule has 21 heavy (non-hydrogen) atoms. The number of anilines is 1. The number of nitrogens with zero attached hydrogens (tertiary/aromatic N) is 1. The summed E-state index contributed by atoms with van der Waals surface area (Å²) in [7, 11) is 2.03. The molecule has 1 aliphatic rings. The average molecular weight is 625 g/mol. The fourth-order valence-electron chi connectivity index (χ4n) is 2.41. The van der Waals surface area contributed by atoms with E-state index in [-0.39, 0.29) is 5.91 Å². The molecule has 2 N–H and O–H groups in total. The third-order valence-electron chi connectivity index (χ3n) is 3.56. The first-order valence-corrected chi connectivity index (χ1v) is 10.1. The molecule has 2 rings (SSSR count). The monoisotopic (exact) mass is 625 g/mol. The van der Waals surface area contributed by atoms with Gasteiger partial charge >= 0.3 is 0 Å². The first kappa shape index (κ1) is 18.1. The number of amides is 1. The molecule has 0 radical (unpaired) electrons. The van der Waals surface area contributed by atoms with E-state index in [0.29, 0.717) is 12.6 Å². The molecule has 0 spiro atoms. The molecule has 1 aromatic rings. The van der Waals surface area contributed by atoms with E-state index in [0.717, 1.165) is 32.3 Å². The van der Waals surface area contributed by atoms with Crippen LogP contribution < -0.4 is 10.6 Å². The maximum absolute atomic E-state index is 12.3. The molecule has 0 bridgehead atoms. The van der Waals surface area contributed by atoms with Crippen molar-refractivity contribution < 1.29 is 4.79 Å². The fraction of sp³-hybridized carbons (Fsp3) is 0.500. The van der Waals surface area contributed by atoms with Crippen LogP contribution in [-0.2, 0) is 4.79 Å². The molecule has 7 heteroatoms. The molecule has 4 nitrogen and oxygen atoms in total. The van der Waals surface area contributed by atoms with E-state index in [9.17, 15) is 4.79 Å². The van der Waals surface area contributed by atoms with Crippen LogP contribution in [0.2, 0.25) is 0 Å². The number of benzene rings is 1. The third kappa shape index (κ3) is 5.43. The van der Waals surface area contributed by atoms with Gasteiger partial charge in [-0.1, -0.05) is 0 Å². The molecule has 0 aliphatic carbocycles. The van der Waals surface area contributed by atoms with Gasteiger partial charge in [0.05, 0.1) is 12.2 Å². The summed E-state index contributed by atoms with van der Waals surface area (Å²) in [6.45, 7) is 2.50. The maximum atomic E-state index is 12.3. The summed E-state index contributed by atoms with van der Waals surface area (Å²) < 4.78 is 3.35. The third-order valence-corrected chi connectivity index (χ3v) is 5.88. The van der Waals surface area contributed by atoms with E-state index in [1.165, 1.54) is 9.99 Å². The summed E-state index contributed by atoms with van der Waals surface area (Å²) in [5, 5.41) is 6.44. The van der Waals surface area contributed by atoms with Crippen molar-refractivity contribution in [3.8, 4) is 0 Å². The summed E-state index contributed by atoms with van der Waals surface area (Å²) >= 11 is 6.84. The lowest BCUT2D eigenvalue weighted by molar-refractivity contribution is -0.117. The van der Waals surface area contributed by atoms with Crippen LogP contribution in [0.1, 0.15) is 12.8 Å². The fourth-order valence-corrected chi connectivity index (χ4v) is 6.26. The van der Waals surface area contributed by atoms with Crippen LogP contribution in [0.3, 0.4) is 0 Å². The number of carbonyl (C=O) groups excluding carboxylic acids is 1. The molecular weight excluding hydrogens is 607 g/mol. The Morgan fingerprint density at radius 1 is 1.38 bits per heavy atom. The highest BCUT2D eigenvalue weighted by atomic mass is 127. The minimum atomic E-state index is 0.0557. The van der Waals surface area contributed by atoms with Crippen molar-refractivity contribution in [2.75, 3.05) is 32.0 Å². The molecule has 0 aromatic heterocycles. The summed E-state index contributed by atoms with van der Waals surface area (Å²) in [6.07, 6.45) is 2.35. The Morgan fingerprint density at radius 3 is 2.62 bits per heavy atom. The quantitative estimate of drug-likeness (QED) is 0.507. The molecule has 1 aromatic carbocycles. The number of hydrogen-bond donors (Lipinski definition) is 2. The van der Waals surface area contributed by atoms with Crippen molar-refractivity contribution in [1.82, 2.24) is 10.2 Å². The Bertz CT molecular complexity index is 495. The predicted octanol–water partition coefficient (Wildman–Crippen LogP) is 3.12. The lowest BCUT2D eigenvalue weighted by Crippen LogP contribution is -2.46. The van der Waals surface area contributed by atoms with Gasteiger partial charge in [-0.2, -0.15) is 0 Å². The van der Waals surface area contributed by atoms with E-state index in [4.69, 9.17) is 0 Å². The second-order valence-corrected chi connectivity index (χ2v) is 8.78. The number of piperidine rings is 1. The van der Waals surface area contributed by atoms with E-state index in [2.05, 4.69) is 95.4 Å². The second kappa shape index (κ2) is 8.60. The van der Waals surface area contributed by atoms with Crippen LogP contribution in [0, 0.1) is 10.7 Å². The Labute approximate surface area is 166 Å². The van der Waals surface area contributed by atoms with Crippen LogP contribution in [0.15, 0.2) is 12.1 Å². The molecule has 1 unspecified atom stereocenters. The zero-order valence-electron chi connectivity index (χ0n) is 11.8. The zero-order valence-corrected chi connectivity index (χ0v) is 18.2. The summed E-state index contributed by atoms with van der Waals surface area (Å²) in [4.78, 5) is 14.4. The zero-order chi connectivity index (χ0) is 15.4. The highest BCUT2D eigenvalue weighted by molar-refractivity contribution is 14.1. The summed E-state index contributed by atoms with van der Waals surface area (Å²) in [5.41, 5.74) is 0.928. The normalized spacial score (nSPS) is 18.8. The maximum Gasteiger partial charge on any atom is 0.238 e. The van der Waals surface area contributed by atoms with Gasteiger partial charge in [0.25, 0.3) is 0 Å². The molecule has 1 aliphatic heterocycles. The number of carbonyl (C=O) groups is 1. The van der Waals surface area contributed by atoms with Gasteiger partial charge in [-0.15, -0.1) is 0 Å². The van der Waals surface area contributed by atoms with Gasteiger partial charge < -0.3 is 10.6 Å². The Morgan fingerprint density at radius 2 is 2.05 bits per heavy atom. The lowest BCUT2D eigenvalue weighted by Gasteiger charge is -2.31. The van der Waals surface area contributed by atoms with Crippen LogP contribution >= 0.6 is 67.8 Å². The van der Waals surface area contributed by atoms with E-state index < -0.39 is 0 Å². The first-order chi connectivity index (χ1) is 9.97. The average Bonchev–Trinajstić information content (AvgIpc) is 2.43. The van der Waals surface area contributed by atoms with Crippen molar-refractivity contribution in [2.45, 2.75) is 18.9 Å². The molecule has 1 heterocycles. The smallest absolute Gasteiger partial charge is 0.238 e. The Kier molecular flexibility index (Phi) is 7.43. The number of rotatable bonds is 4. The van der Waals surface area contributed by atoms with Gasteiger partial charge in [-0.25, -0.2) is 0 Å². The SMILES string of the molecule is CN(CC(=O)Nc1c(I)cc(I)cc1I)C1CCCNC1. The van der Waals surface area contributed by atoms with Crippen molar-refractivity contribution in [3.63, 3.8) is 0 Å². The highest BCUT2D eigenvalue weighted by Gasteiger charge is 2.20. The molecule has 1 atom stereocenters. The van der Waals surface area contributed by atoms with Gasteiger partial charge in [-0.3, -0.25) is 9.69 Å². The molecule has 1 fully saturated rings. The number of halogens is 3. The minimum Gasteiger partial charge on any atom is -0.323 e. The molecule has 116 valence electrons. The molecular formula is C14H18I3N3O. The topological polar surface area (TPSA) is 44.4 Å². The van der Waals surface area contributed by atoms with Crippen LogP contribution in [-0.4, -0.2) is 43.5 Å². The van der Waals surface area contributed by atoms with E-state index in [1.54, 1.807) is 0 Å². The van der Waals surface area contributed by atoms with Gasteiger partial charge in [-0.05, 0) is 106 Å². The molecule has 1 saturated heterocycles. The van der Waals surface area contributed by atoms with Crippen LogP contribution in [0.5, 0.6) is 0 Å². The highest BCUT2D eigenvalue weighted by Crippen LogP contribution is 2.27. The van der Waals surface area contributed by atoms with Crippen molar-refractivity contribution in [1.29, 1.82) is 0 Å². The number of nitrogens with one attached hydrogen (secondary N) is 2. The molecule has 1 amide bonds. The van der Waals surface area contributed by atoms with Crippen molar-refractivity contribution in [3.05, 3.63) is 22.8 Å². The Balaban J connectivity index is 1.95. The van der Waals surface area contributed by atoms with E-state index in [1.807, 2.05) is 7.05 Å².